The van der Waals surface area contributed by atoms with E-state index in [1.54, 1.807) is 0 Å². The number of ether oxygens (including phenoxy) is 1. The molecule has 0 aliphatic carbocycles. The van der Waals surface area contributed by atoms with Gasteiger partial charge < -0.3 is 0 Å². The summed E-state index contributed by atoms with van der Waals surface area (Å²) >= 11 is 0. The zero-order chi connectivity index (χ0) is 14.8. The van der Waals surface area contributed by atoms with Crippen LogP contribution >= 0.6 is 0 Å². The third-order valence-electron chi connectivity index (χ3n) is 2.60. The Morgan fingerprint density at radius 3 is 1.35 bits per heavy atom. The molecule has 20 heavy (non-hydrogen) atoms. The number of hydrogen-bond donors (Lipinski definition) is 0. The van der Waals surface area contributed by atoms with Crippen LogP contribution in [-0.2, 0) is 4.74 Å². The normalized spacial score (nSPS) is 11.9. The Morgan fingerprint density at radius 1 is 0.700 bits per heavy atom. The van der Waals surface area contributed by atoms with Crippen LogP contribution in [0.5, 0.6) is 0 Å². The third kappa shape index (κ3) is 3.77. The molecule has 0 aliphatic heterocycles. The van der Waals surface area contributed by atoms with Crippen LogP contribution < -0.4 is 0 Å². The molecule has 0 saturated heterocycles. The lowest BCUT2D eigenvalue weighted by molar-refractivity contribution is -0.339. The van der Waals surface area contributed by atoms with E-state index >= 15 is 0 Å². The Labute approximate surface area is 111 Å². The number of benzene rings is 2. The van der Waals surface area contributed by atoms with Gasteiger partial charge in [-0.2, -0.15) is 0 Å². The van der Waals surface area contributed by atoms with Crippen molar-refractivity contribution in [3.05, 3.63) is 71.3 Å². The van der Waals surface area contributed by atoms with Crippen molar-refractivity contribution in [2.24, 2.45) is 0 Å². The zero-order valence-corrected chi connectivity index (χ0v) is 9.99. The van der Waals surface area contributed by atoms with Crippen LogP contribution in [0.4, 0.5) is 22.0 Å². The van der Waals surface area contributed by atoms with Gasteiger partial charge in [-0.3, -0.25) is 4.74 Å². The lowest BCUT2D eigenvalue weighted by atomic mass is 10.0. The Kier molecular flexibility index (Phi) is 4.04. The summed E-state index contributed by atoms with van der Waals surface area (Å²) in [6.45, 7) is 0. The minimum Gasteiger partial charge on any atom is -0.279 e. The van der Waals surface area contributed by atoms with E-state index < -0.39 is 24.1 Å². The summed E-state index contributed by atoms with van der Waals surface area (Å²) in [4.78, 5) is 0. The molecule has 0 atom stereocenters. The Balaban J connectivity index is 2.38. The van der Waals surface area contributed by atoms with Gasteiger partial charge in [-0.1, -0.05) is 24.3 Å². The van der Waals surface area contributed by atoms with Crippen molar-refractivity contribution in [3.8, 4) is 0 Å². The summed E-state index contributed by atoms with van der Waals surface area (Å²) < 4.78 is 67.1. The molecule has 0 aliphatic rings. The van der Waals surface area contributed by atoms with E-state index in [0.717, 1.165) is 24.3 Å². The molecule has 2 aromatic rings. The first-order chi connectivity index (χ1) is 9.35. The average molecular weight is 288 g/mol. The van der Waals surface area contributed by atoms with E-state index in [0.29, 0.717) is 0 Å². The van der Waals surface area contributed by atoms with Gasteiger partial charge >= 0.3 is 6.36 Å². The predicted octanol–water partition coefficient (Wildman–Crippen LogP) is 4.59. The highest BCUT2D eigenvalue weighted by molar-refractivity contribution is 5.30. The van der Waals surface area contributed by atoms with Gasteiger partial charge in [0.05, 0.1) is 0 Å². The van der Waals surface area contributed by atoms with E-state index in [1.165, 1.54) is 24.3 Å². The van der Waals surface area contributed by atoms with Crippen molar-refractivity contribution < 1.29 is 26.7 Å². The largest absolute Gasteiger partial charge is 0.523 e. The molecule has 0 radical (unpaired) electrons. The summed E-state index contributed by atoms with van der Waals surface area (Å²) in [5, 5.41) is 0. The highest BCUT2D eigenvalue weighted by Gasteiger charge is 2.35. The molecule has 0 fully saturated rings. The minimum atomic E-state index is -4.87. The van der Waals surface area contributed by atoms with Gasteiger partial charge in [-0.25, -0.2) is 8.78 Å². The first-order valence-corrected chi connectivity index (χ1v) is 5.60. The molecule has 1 nitrogen and oxygen atoms in total. The molecule has 0 unspecified atom stereocenters. The lowest BCUT2D eigenvalue weighted by Crippen LogP contribution is -2.19. The SMILES string of the molecule is Fc1ccc(C(OC(F)(F)F)c2ccc(F)cc2)cc1. The molecule has 0 saturated carbocycles. The summed E-state index contributed by atoms with van der Waals surface area (Å²) in [5.41, 5.74) is 0.241. The van der Waals surface area contributed by atoms with Gasteiger partial charge in [0.25, 0.3) is 0 Å². The number of hydrogen-bond acceptors (Lipinski definition) is 1. The Hall–Kier alpha value is -1.95. The highest BCUT2D eigenvalue weighted by Crippen LogP contribution is 2.33. The fraction of sp³-hybridized carbons (Fsp3) is 0.143. The highest BCUT2D eigenvalue weighted by atomic mass is 19.4. The summed E-state index contributed by atoms with van der Waals surface area (Å²) in [5.74, 6) is -1.14. The monoisotopic (exact) mass is 288 g/mol. The molecule has 2 aromatic carbocycles. The second kappa shape index (κ2) is 5.58. The molecular formula is C14H9F5O. The van der Waals surface area contributed by atoms with Crippen LogP contribution in [0.3, 0.4) is 0 Å². The summed E-state index contributed by atoms with van der Waals surface area (Å²) in [6.07, 6.45) is -6.34. The molecule has 0 heterocycles. The van der Waals surface area contributed by atoms with Crippen LogP contribution in [-0.4, -0.2) is 6.36 Å². The Bertz CT molecular complexity index is 514. The van der Waals surface area contributed by atoms with Crippen LogP contribution in [0.15, 0.2) is 48.5 Å². The van der Waals surface area contributed by atoms with E-state index in [4.69, 9.17) is 0 Å². The fourth-order valence-electron chi connectivity index (χ4n) is 1.74. The van der Waals surface area contributed by atoms with Crippen molar-refractivity contribution in [2.45, 2.75) is 12.5 Å². The maximum Gasteiger partial charge on any atom is 0.523 e. The molecule has 0 amide bonds. The second-order valence-corrected chi connectivity index (χ2v) is 4.05. The summed E-state index contributed by atoms with van der Waals surface area (Å²) in [7, 11) is 0. The van der Waals surface area contributed by atoms with Crippen LogP contribution in [0.1, 0.15) is 17.2 Å². The molecule has 0 bridgehead atoms. The quantitative estimate of drug-likeness (QED) is 0.750. The van der Waals surface area contributed by atoms with Crippen molar-refractivity contribution in [3.63, 3.8) is 0 Å². The number of halogens is 5. The van der Waals surface area contributed by atoms with Gasteiger partial charge in [-0.05, 0) is 35.4 Å². The van der Waals surface area contributed by atoms with Crippen molar-refractivity contribution in [1.82, 2.24) is 0 Å². The molecule has 106 valence electrons. The van der Waals surface area contributed by atoms with Crippen molar-refractivity contribution >= 4 is 0 Å². The van der Waals surface area contributed by atoms with Crippen molar-refractivity contribution in [1.29, 1.82) is 0 Å². The molecular weight excluding hydrogens is 279 g/mol. The molecule has 0 aromatic heterocycles. The topological polar surface area (TPSA) is 9.23 Å². The van der Waals surface area contributed by atoms with E-state index in [2.05, 4.69) is 4.74 Å². The standard InChI is InChI=1S/C14H9F5O/c15-11-5-1-9(2-6-11)13(20-14(17,18)19)10-3-7-12(16)8-4-10/h1-8,13H. The van der Waals surface area contributed by atoms with Crippen LogP contribution in [0.25, 0.3) is 0 Å². The molecule has 0 N–H and O–H groups in total. The summed E-state index contributed by atoms with van der Waals surface area (Å²) in [6, 6.07) is 8.89. The Morgan fingerprint density at radius 2 is 1.05 bits per heavy atom. The second-order valence-electron chi connectivity index (χ2n) is 4.05. The minimum absolute atomic E-state index is 0.121. The molecule has 2 rings (SSSR count). The van der Waals surface area contributed by atoms with E-state index in [1.807, 2.05) is 0 Å². The smallest absolute Gasteiger partial charge is 0.279 e. The van der Waals surface area contributed by atoms with Gasteiger partial charge in [0, 0.05) is 0 Å². The molecule has 6 heteroatoms. The van der Waals surface area contributed by atoms with E-state index in [-0.39, 0.29) is 11.1 Å². The average Bonchev–Trinajstić information content (AvgIpc) is 2.37. The number of rotatable bonds is 3. The number of alkyl halides is 3. The first kappa shape index (κ1) is 14.5. The van der Waals surface area contributed by atoms with E-state index in [9.17, 15) is 22.0 Å². The van der Waals surface area contributed by atoms with Crippen molar-refractivity contribution in [2.75, 3.05) is 0 Å². The predicted molar refractivity (Wildman–Crippen MR) is 61.8 cm³/mol. The van der Waals surface area contributed by atoms with Gasteiger partial charge in [0.1, 0.15) is 17.7 Å². The van der Waals surface area contributed by atoms with Gasteiger partial charge in [0.2, 0.25) is 0 Å². The van der Waals surface area contributed by atoms with Gasteiger partial charge in [-0.15, -0.1) is 13.2 Å². The maximum absolute atomic E-state index is 12.8. The third-order valence-corrected chi connectivity index (χ3v) is 2.60. The van der Waals surface area contributed by atoms with Crippen LogP contribution in [0.2, 0.25) is 0 Å². The zero-order valence-electron chi connectivity index (χ0n) is 9.99. The van der Waals surface area contributed by atoms with Crippen LogP contribution in [0, 0.1) is 11.6 Å². The van der Waals surface area contributed by atoms with Gasteiger partial charge in [0.15, 0.2) is 0 Å². The molecule has 0 spiro atoms. The maximum atomic E-state index is 12.8. The lowest BCUT2D eigenvalue weighted by Gasteiger charge is -2.20. The first-order valence-electron chi connectivity index (χ1n) is 5.60. The fourth-order valence-corrected chi connectivity index (χ4v) is 1.74.